The van der Waals surface area contributed by atoms with Crippen LogP contribution in [-0.4, -0.2) is 6.29 Å². The van der Waals surface area contributed by atoms with Crippen LogP contribution < -0.4 is 0 Å². The van der Waals surface area contributed by atoms with E-state index in [0.717, 1.165) is 11.8 Å². The summed E-state index contributed by atoms with van der Waals surface area (Å²) >= 11 is 1.74. The first-order chi connectivity index (χ1) is 6.81. The lowest BCUT2D eigenvalue weighted by Crippen LogP contribution is -1.80. The van der Waals surface area contributed by atoms with Crippen molar-refractivity contribution in [3.63, 3.8) is 0 Å². The molecule has 0 atom stereocenters. The van der Waals surface area contributed by atoms with E-state index in [-0.39, 0.29) is 0 Å². The number of aryl methyl sites for hydroxylation is 1. The summed E-state index contributed by atoms with van der Waals surface area (Å²) in [5.41, 5.74) is 3.16. The third-order valence-electron chi connectivity index (χ3n) is 2.22. The van der Waals surface area contributed by atoms with E-state index >= 15 is 0 Å². The molecular formula is C12H10OS. The van der Waals surface area contributed by atoms with E-state index in [4.69, 9.17) is 0 Å². The average molecular weight is 202 g/mol. The third-order valence-corrected chi connectivity index (χ3v) is 3.06. The lowest BCUT2D eigenvalue weighted by Gasteiger charge is -1.99. The van der Waals surface area contributed by atoms with Crippen LogP contribution in [0.3, 0.4) is 0 Å². The molecule has 0 aliphatic heterocycles. The second-order valence-corrected chi connectivity index (χ2v) is 4.25. The number of hydrogen-bond acceptors (Lipinski definition) is 2. The fourth-order valence-electron chi connectivity index (χ4n) is 1.43. The Hall–Kier alpha value is -1.41. The first-order valence-corrected chi connectivity index (χ1v) is 5.29. The van der Waals surface area contributed by atoms with Gasteiger partial charge >= 0.3 is 0 Å². The van der Waals surface area contributed by atoms with Gasteiger partial charge in [-0.05, 0) is 29.5 Å². The Morgan fingerprint density at radius 3 is 2.36 bits per heavy atom. The molecule has 70 valence electrons. The van der Waals surface area contributed by atoms with Crippen molar-refractivity contribution >= 4 is 17.6 Å². The Morgan fingerprint density at radius 1 is 1.14 bits per heavy atom. The van der Waals surface area contributed by atoms with Crippen LogP contribution in [0.25, 0.3) is 11.1 Å². The van der Waals surface area contributed by atoms with Gasteiger partial charge in [-0.25, -0.2) is 0 Å². The number of aldehydes is 1. The van der Waals surface area contributed by atoms with Gasteiger partial charge in [-0.2, -0.15) is 0 Å². The highest BCUT2D eigenvalue weighted by molar-refractivity contribution is 7.10. The highest BCUT2D eigenvalue weighted by Crippen LogP contribution is 2.27. The Bertz CT molecular complexity index is 440. The normalized spacial score (nSPS) is 10.1. The first kappa shape index (κ1) is 9.16. The molecule has 14 heavy (non-hydrogen) atoms. The van der Waals surface area contributed by atoms with Gasteiger partial charge in [-0.3, -0.25) is 4.79 Å². The molecule has 0 N–H and O–H groups in total. The number of carbonyl (C=O) groups excluding carboxylic acids is 1. The zero-order chi connectivity index (χ0) is 9.97. The Kier molecular flexibility index (Phi) is 2.46. The van der Waals surface area contributed by atoms with Crippen LogP contribution in [0.4, 0.5) is 0 Å². The summed E-state index contributed by atoms with van der Waals surface area (Å²) < 4.78 is 0. The van der Waals surface area contributed by atoms with Gasteiger partial charge in [0.25, 0.3) is 0 Å². The van der Waals surface area contributed by atoms with Crippen molar-refractivity contribution in [1.82, 2.24) is 0 Å². The van der Waals surface area contributed by atoms with Crippen molar-refractivity contribution in [3.8, 4) is 11.1 Å². The minimum atomic E-state index is 0.724. The molecule has 0 aliphatic carbocycles. The predicted molar refractivity (Wildman–Crippen MR) is 59.9 cm³/mol. The largest absolute Gasteiger partial charge is 0.298 e. The van der Waals surface area contributed by atoms with Crippen LogP contribution >= 0.6 is 11.3 Å². The van der Waals surface area contributed by atoms with Crippen molar-refractivity contribution in [2.45, 2.75) is 6.92 Å². The van der Waals surface area contributed by atoms with Crippen molar-refractivity contribution in [2.24, 2.45) is 0 Å². The van der Waals surface area contributed by atoms with Crippen LogP contribution in [0.2, 0.25) is 0 Å². The van der Waals surface area contributed by atoms with Crippen molar-refractivity contribution in [3.05, 3.63) is 46.2 Å². The number of thiophene rings is 1. The molecule has 2 heteroatoms. The summed E-state index contributed by atoms with van der Waals surface area (Å²) in [6.45, 7) is 2.10. The molecule has 2 aromatic rings. The standard InChI is InChI=1S/C12H10OS/c1-9-12(6-7-14-9)11-4-2-10(8-13)3-5-11/h2-8H,1H3. The molecular weight excluding hydrogens is 192 g/mol. The number of carbonyl (C=O) groups is 1. The van der Waals surface area contributed by atoms with Gasteiger partial charge in [0.1, 0.15) is 6.29 Å². The molecule has 1 nitrogen and oxygen atoms in total. The summed E-state index contributed by atoms with van der Waals surface area (Å²) in [7, 11) is 0. The molecule has 0 bridgehead atoms. The van der Waals surface area contributed by atoms with Crippen LogP contribution in [0.5, 0.6) is 0 Å². The summed E-state index contributed by atoms with van der Waals surface area (Å²) in [6, 6.07) is 9.77. The molecule has 0 saturated carbocycles. The fourth-order valence-corrected chi connectivity index (χ4v) is 2.15. The second-order valence-electron chi connectivity index (χ2n) is 3.13. The van der Waals surface area contributed by atoms with Gasteiger partial charge in [0.15, 0.2) is 0 Å². The molecule has 0 aliphatic rings. The SMILES string of the molecule is Cc1sccc1-c1ccc(C=O)cc1. The fraction of sp³-hybridized carbons (Fsp3) is 0.0833. The lowest BCUT2D eigenvalue weighted by molar-refractivity contribution is 0.112. The van der Waals surface area contributed by atoms with E-state index in [1.54, 1.807) is 11.3 Å². The summed E-state index contributed by atoms with van der Waals surface area (Å²) in [6.07, 6.45) is 0.865. The molecule has 0 spiro atoms. The van der Waals surface area contributed by atoms with Gasteiger partial charge in [-0.15, -0.1) is 11.3 Å². The zero-order valence-corrected chi connectivity index (χ0v) is 8.67. The van der Waals surface area contributed by atoms with Crippen LogP contribution in [0.15, 0.2) is 35.7 Å². The molecule has 0 saturated heterocycles. The Morgan fingerprint density at radius 2 is 1.86 bits per heavy atom. The van der Waals surface area contributed by atoms with Gasteiger partial charge in [-0.1, -0.05) is 24.3 Å². The Labute approximate surface area is 87.0 Å². The van der Waals surface area contributed by atoms with Gasteiger partial charge in [0, 0.05) is 10.4 Å². The number of benzene rings is 1. The first-order valence-electron chi connectivity index (χ1n) is 4.41. The summed E-state index contributed by atoms with van der Waals surface area (Å²) in [5, 5.41) is 2.08. The van der Waals surface area contributed by atoms with Crippen LogP contribution in [-0.2, 0) is 0 Å². The minimum Gasteiger partial charge on any atom is -0.298 e. The lowest BCUT2D eigenvalue weighted by atomic mass is 10.1. The van der Waals surface area contributed by atoms with Crippen molar-refractivity contribution < 1.29 is 4.79 Å². The highest BCUT2D eigenvalue weighted by atomic mass is 32.1. The van der Waals surface area contributed by atoms with Gasteiger partial charge in [0.05, 0.1) is 0 Å². The van der Waals surface area contributed by atoms with E-state index in [0.29, 0.717) is 0 Å². The van der Waals surface area contributed by atoms with E-state index in [9.17, 15) is 4.79 Å². The highest BCUT2D eigenvalue weighted by Gasteiger charge is 2.01. The molecule has 0 radical (unpaired) electrons. The van der Waals surface area contributed by atoms with Gasteiger partial charge < -0.3 is 0 Å². The second kappa shape index (κ2) is 3.76. The molecule has 1 heterocycles. The molecule has 0 unspecified atom stereocenters. The number of hydrogen-bond donors (Lipinski definition) is 0. The van der Waals surface area contributed by atoms with Gasteiger partial charge in [0.2, 0.25) is 0 Å². The van der Waals surface area contributed by atoms with E-state index in [1.165, 1.54) is 16.0 Å². The summed E-state index contributed by atoms with van der Waals surface area (Å²) in [5.74, 6) is 0. The topological polar surface area (TPSA) is 17.1 Å². The molecule has 2 rings (SSSR count). The minimum absolute atomic E-state index is 0.724. The van der Waals surface area contributed by atoms with E-state index in [1.807, 2.05) is 24.3 Å². The molecule has 0 fully saturated rings. The maximum Gasteiger partial charge on any atom is 0.150 e. The van der Waals surface area contributed by atoms with Crippen molar-refractivity contribution in [1.29, 1.82) is 0 Å². The smallest absolute Gasteiger partial charge is 0.150 e. The molecule has 0 amide bonds. The quantitative estimate of drug-likeness (QED) is 0.681. The number of rotatable bonds is 2. The maximum atomic E-state index is 10.5. The van der Waals surface area contributed by atoms with E-state index < -0.39 is 0 Å². The average Bonchev–Trinajstić information content (AvgIpc) is 2.65. The Balaban J connectivity index is 2.43. The van der Waals surface area contributed by atoms with Crippen LogP contribution in [0.1, 0.15) is 15.2 Å². The van der Waals surface area contributed by atoms with E-state index in [2.05, 4.69) is 18.4 Å². The maximum absolute atomic E-state index is 10.5. The summed E-state index contributed by atoms with van der Waals surface area (Å²) in [4.78, 5) is 11.8. The molecule has 1 aromatic carbocycles. The third kappa shape index (κ3) is 1.61. The molecule has 1 aromatic heterocycles. The van der Waals surface area contributed by atoms with Crippen molar-refractivity contribution in [2.75, 3.05) is 0 Å². The predicted octanol–water partition coefficient (Wildman–Crippen LogP) is 3.54. The zero-order valence-electron chi connectivity index (χ0n) is 7.86. The monoisotopic (exact) mass is 202 g/mol. The van der Waals surface area contributed by atoms with Crippen LogP contribution in [0, 0.1) is 6.92 Å².